The lowest BCUT2D eigenvalue weighted by molar-refractivity contribution is 0.289. The molecular weight excluding hydrogens is 298 g/mol. The highest BCUT2D eigenvalue weighted by molar-refractivity contribution is 5.69. The second kappa shape index (κ2) is 7.21. The predicted molar refractivity (Wildman–Crippen MR) is 98.8 cm³/mol. The molecule has 0 atom stereocenters. The molecule has 3 aromatic rings. The minimum absolute atomic E-state index is 0.653. The summed E-state index contributed by atoms with van der Waals surface area (Å²) in [5.74, 6) is 1.55. The number of aromatic nitrogens is 2. The van der Waals surface area contributed by atoms with E-state index in [2.05, 4.69) is 24.0 Å². The number of benzene rings is 2. The summed E-state index contributed by atoms with van der Waals surface area (Å²) in [5, 5.41) is 7.48. The molecule has 2 aromatic carbocycles. The van der Waals surface area contributed by atoms with Crippen LogP contribution in [-0.2, 0) is 0 Å². The third-order valence-corrected chi connectivity index (χ3v) is 3.91. The van der Waals surface area contributed by atoms with E-state index in [0.29, 0.717) is 5.92 Å². The zero-order valence-corrected chi connectivity index (χ0v) is 14.1. The lowest BCUT2D eigenvalue weighted by atomic mass is 10.1. The van der Waals surface area contributed by atoms with Crippen molar-refractivity contribution in [3.8, 4) is 28.3 Å². The third kappa shape index (κ3) is 3.96. The molecule has 0 spiro atoms. The van der Waals surface area contributed by atoms with Gasteiger partial charge in [-0.2, -0.15) is 5.10 Å². The van der Waals surface area contributed by atoms with Crippen LogP contribution in [-0.4, -0.2) is 16.8 Å². The van der Waals surface area contributed by atoms with Gasteiger partial charge in [0.1, 0.15) is 5.75 Å². The molecule has 0 unspecified atom stereocenters. The number of anilines is 1. The molecule has 0 saturated heterocycles. The maximum Gasteiger partial charge on any atom is 0.119 e. The Morgan fingerprint density at radius 1 is 1.00 bits per heavy atom. The molecule has 3 N–H and O–H groups in total. The van der Waals surface area contributed by atoms with E-state index in [0.717, 1.165) is 47.0 Å². The molecule has 1 aromatic heterocycles. The maximum absolute atomic E-state index is 5.75. The highest BCUT2D eigenvalue weighted by Crippen LogP contribution is 2.26. The summed E-state index contributed by atoms with van der Waals surface area (Å²) >= 11 is 0. The van der Waals surface area contributed by atoms with E-state index in [-0.39, 0.29) is 0 Å². The second-order valence-corrected chi connectivity index (χ2v) is 6.34. The Bertz CT molecular complexity index is 773. The van der Waals surface area contributed by atoms with Crippen molar-refractivity contribution in [2.45, 2.75) is 20.3 Å². The SMILES string of the molecule is CC(C)CCOc1ccc(-c2cc(-c3ccc(N)cc3)[nH]n2)cc1. The van der Waals surface area contributed by atoms with Crippen molar-refractivity contribution < 1.29 is 4.74 Å². The molecule has 0 fully saturated rings. The van der Waals surface area contributed by atoms with Gasteiger partial charge in [-0.1, -0.05) is 26.0 Å². The monoisotopic (exact) mass is 321 g/mol. The van der Waals surface area contributed by atoms with Gasteiger partial charge in [0.2, 0.25) is 0 Å². The molecule has 0 aliphatic rings. The van der Waals surface area contributed by atoms with Crippen LogP contribution in [0.2, 0.25) is 0 Å². The van der Waals surface area contributed by atoms with Crippen LogP contribution in [0.4, 0.5) is 5.69 Å². The minimum Gasteiger partial charge on any atom is -0.494 e. The maximum atomic E-state index is 5.75. The van der Waals surface area contributed by atoms with Crippen molar-refractivity contribution in [1.82, 2.24) is 10.2 Å². The second-order valence-electron chi connectivity index (χ2n) is 6.34. The van der Waals surface area contributed by atoms with Crippen molar-refractivity contribution in [2.75, 3.05) is 12.3 Å². The lowest BCUT2D eigenvalue weighted by Crippen LogP contribution is -2.01. The fourth-order valence-electron chi connectivity index (χ4n) is 2.41. The fraction of sp³-hybridized carbons (Fsp3) is 0.250. The first kappa shape index (κ1) is 16.1. The molecule has 24 heavy (non-hydrogen) atoms. The Morgan fingerprint density at radius 2 is 1.67 bits per heavy atom. The first-order valence-electron chi connectivity index (χ1n) is 8.26. The first-order valence-corrected chi connectivity index (χ1v) is 8.26. The summed E-state index contributed by atoms with van der Waals surface area (Å²) in [6.45, 7) is 5.14. The topological polar surface area (TPSA) is 63.9 Å². The largest absolute Gasteiger partial charge is 0.494 e. The summed E-state index contributed by atoms with van der Waals surface area (Å²) < 4.78 is 5.75. The predicted octanol–water partition coefficient (Wildman–Crippen LogP) is 4.75. The quantitative estimate of drug-likeness (QED) is 0.644. The molecule has 4 heteroatoms. The van der Waals surface area contributed by atoms with Crippen LogP contribution in [0.25, 0.3) is 22.5 Å². The smallest absolute Gasteiger partial charge is 0.119 e. The van der Waals surface area contributed by atoms with Gasteiger partial charge in [0.05, 0.1) is 18.0 Å². The Morgan fingerprint density at radius 3 is 2.33 bits per heavy atom. The number of nitrogens with two attached hydrogens (primary N) is 1. The third-order valence-electron chi connectivity index (χ3n) is 3.91. The van der Waals surface area contributed by atoms with E-state index in [1.54, 1.807) is 0 Å². The molecule has 0 amide bonds. The van der Waals surface area contributed by atoms with Gasteiger partial charge in [0.15, 0.2) is 0 Å². The van der Waals surface area contributed by atoms with Crippen molar-refractivity contribution in [3.05, 3.63) is 54.6 Å². The molecular formula is C20H23N3O. The lowest BCUT2D eigenvalue weighted by Gasteiger charge is -2.08. The van der Waals surface area contributed by atoms with E-state index < -0.39 is 0 Å². The molecule has 0 radical (unpaired) electrons. The van der Waals surface area contributed by atoms with Crippen LogP contribution in [0, 0.1) is 5.92 Å². The van der Waals surface area contributed by atoms with Gasteiger partial charge in [-0.05, 0) is 60.4 Å². The minimum atomic E-state index is 0.653. The number of nitrogens with one attached hydrogen (secondary N) is 1. The van der Waals surface area contributed by atoms with Gasteiger partial charge in [-0.15, -0.1) is 0 Å². The Hall–Kier alpha value is -2.75. The number of hydrogen-bond acceptors (Lipinski definition) is 3. The van der Waals surface area contributed by atoms with E-state index in [1.807, 2.05) is 54.6 Å². The van der Waals surface area contributed by atoms with Gasteiger partial charge in [-0.3, -0.25) is 5.10 Å². The Labute approximate surface area is 142 Å². The number of rotatable bonds is 6. The highest BCUT2D eigenvalue weighted by atomic mass is 16.5. The van der Waals surface area contributed by atoms with Crippen LogP contribution < -0.4 is 10.5 Å². The molecule has 3 rings (SSSR count). The number of nitrogen functional groups attached to an aromatic ring is 1. The number of aromatic amines is 1. The number of nitrogens with zero attached hydrogens (tertiary/aromatic N) is 1. The Balaban J connectivity index is 1.69. The van der Waals surface area contributed by atoms with Crippen LogP contribution in [0.3, 0.4) is 0 Å². The van der Waals surface area contributed by atoms with Crippen LogP contribution in [0.5, 0.6) is 5.75 Å². The number of hydrogen-bond donors (Lipinski definition) is 2. The van der Waals surface area contributed by atoms with Crippen molar-refractivity contribution in [1.29, 1.82) is 0 Å². The number of H-pyrrole nitrogens is 1. The van der Waals surface area contributed by atoms with Gasteiger partial charge in [0.25, 0.3) is 0 Å². The summed E-state index contributed by atoms with van der Waals surface area (Å²) in [7, 11) is 0. The Kier molecular flexibility index (Phi) is 4.85. The first-order chi connectivity index (χ1) is 11.6. The summed E-state index contributed by atoms with van der Waals surface area (Å²) in [6, 6.07) is 17.8. The molecule has 0 saturated carbocycles. The zero-order valence-electron chi connectivity index (χ0n) is 14.1. The normalized spacial score (nSPS) is 11.0. The van der Waals surface area contributed by atoms with Crippen LogP contribution in [0.1, 0.15) is 20.3 Å². The fourth-order valence-corrected chi connectivity index (χ4v) is 2.41. The zero-order chi connectivity index (χ0) is 16.9. The van der Waals surface area contributed by atoms with E-state index in [1.165, 1.54) is 0 Å². The van der Waals surface area contributed by atoms with Gasteiger partial charge in [0, 0.05) is 11.3 Å². The van der Waals surface area contributed by atoms with Crippen LogP contribution in [0.15, 0.2) is 54.6 Å². The van der Waals surface area contributed by atoms with Crippen molar-refractivity contribution in [3.63, 3.8) is 0 Å². The summed E-state index contributed by atoms with van der Waals surface area (Å²) in [6.07, 6.45) is 1.06. The average molecular weight is 321 g/mol. The van der Waals surface area contributed by atoms with Gasteiger partial charge >= 0.3 is 0 Å². The van der Waals surface area contributed by atoms with E-state index in [9.17, 15) is 0 Å². The standard InChI is InChI=1S/C20H23N3O/c1-14(2)11-12-24-18-9-5-16(6-10-18)20-13-19(22-23-20)15-3-7-17(21)8-4-15/h3-10,13-14H,11-12,21H2,1-2H3,(H,22,23). The van der Waals surface area contributed by atoms with Crippen molar-refractivity contribution in [2.24, 2.45) is 5.92 Å². The molecule has 124 valence electrons. The number of ether oxygens (including phenoxy) is 1. The van der Waals surface area contributed by atoms with E-state index >= 15 is 0 Å². The van der Waals surface area contributed by atoms with Crippen molar-refractivity contribution >= 4 is 5.69 Å². The molecule has 0 bridgehead atoms. The summed E-state index contributed by atoms with van der Waals surface area (Å²) in [4.78, 5) is 0. The van der Waals surface area contributed by atoms with Crippen LogP contribution >= 0.6 is 0 Å². The average Bonchev–Trinajstić information content (AvgIpc) is 3.06. The van der Waals surface area contributed by atoms with Gasteiger partial charge in [-0.25, -0.2) is 0 Å². The highest BCUT2D eigenvalue weighted by Gasteiger charge is 2.06. The molecule has 0 aliphatic carbocycles. The molecule has 4 nitrogen and oxygen atoms in total. The van der Waals surface area contributed by atoms with Gasteiger partial charge < -0.3 is 10.5 Å². The molecule has 0 aliphatic heterocycles. The summed E-state index contributed by atoms with van der Waals surface area (Å²) in [5.41, 5.74) is 10.5. The molecule has 1 heterocycles. The van der Waals surface area contributed by atoms with E-state index in [4.69, 9.17) is 10.5 Å².